The molecule has 0 unspecified atom stereocenters. The van der Waals surface area contributed by atoms with Gasteiger partial charge in [-0.15, -0.1) is 0 Å². The van der Waals surface area contributed by atoms with Gasteiger partial charge in [0.2, 0.25) is 11.9 Å². The maximum absolute atomic E-state index is 12.2. The van der Waals surface area contributed by atoms with Crippen molar-refractivity contribution in [2.45, 2.75) is 6.42 Å². The van der Waals surface area contributed by atoms with E-state index < -0.39 is 5.91 Å². The number of primary amides is 1. The molecule has 8 nitrogen and oxygen atoms in total. The maximum Gasteiger partial charge on any atom is 0.250 e. The summed E-state index contributed by atoms with van der Waals surface area (Å²) in [5, 5.41) is 2.77. The first-order chi connectivity index (χ1) is 12.6. The standard InChI is InChI=1S/C18H22N6O2/c19-17(26)14-4-1-2-5-15(14)22-16(25)6-9-23-10-12-24(13-11-23)18-20-7-3-8-21-18/h1-5,7-8H,6,9-13H2,(H2,19,26)(H,22,25). The van der Waals surface area contributed by atoms with Crippen molar-refractivity contribution in [3.8, 4) is 0 Å². The van der Waals surface area contributed by atoms with E-state index in [1.807, 2.05) is 0 Å². The monoisotopic (exact) mass is 354 g/mol. The number of benzene rings is 1. The van der Waals surface area contributed by atoms with Crippen molar-refractivity contribution in [2.24, 2.45) is 5.73 Å². The van der Waals surface area contributed by atoms with Crippen LogP contribution in [0.15, 0.2) is 42.7 Å². The summed E-state index contributed by atoms with van der Waals surface area (Å²) >= 11 is 0. The van der Waals surface area contributed by atoms with E-state index in [2.05, 4.69) is 25.1 Å². The summed E-state index contributed by atoms with van der Waals surface area (Å²) in [5.74, 6) is 0.0561. The number of nitrogens with zero attached hydrogens (tertiary/aromatic N) is 4. The Kier molecular flexibility index (Phi) is 5.75. The van der Waals surface area contributed by atoms with Gasteiger partial charge in [0, 0.05) is 51.5 Å². The molecule has 2 heterocycles. The fraction of sp³-hybridized carbons (Fsp3) is 0.333. The molecule has 1 aromatic carbocycles. The van der Waals surface area contributed by atoms with Gasteiger partial charge in [-0.3, -0.25) is 14.5 Å². The lowest BCUT2D eigenvalue weighted by Crippen LogP contribution is -2.47. The molecule has 0 radical (unpaired) electrons. The van der Waals surface area contributed by atoms with Crippen LogP contribution in [0, 0.1) is 0 Å². The number of piperazine rings is 1. The van der Waals surface area contributed by atoms with Crippen LogP contribution in [0.3, 0.4) is 0 Å². The smallest absolute Gasteiger partial charge is 0.250 e. The molecule has 1 aromatic heterocycles. The Hall–Kier alpha value is -3.00. The third-order valence-electron chi connectivity index (χ3n) is 4.33. The predicted octanol–water partition coefficient (Wildman–Crippen LogP) is 0.726. The number of aromatic nitrogens is 2. The highest BCUT2D eigenvalue weighted by molar-refractivity contribution is 6.02. The summed E-state index contributed by atoms with van der Waals surface area (Å²) in [4.78, 5) is 36.5. The number of anilines is 2. The number of hydrogen-bond acceptors (Lipinski definition) is 6. The number of nitrogens with two attached hydrogens (primary N) is 1. The lowest BCUT2D eigenvalue weighted by atomic mass is 10.1. The van der Waals surface area contributed by atoms with Crippen LogP contribution in [0.4, 0.5) is 11.6 Å². The average molecular weight is 354 g/mol. The minimum Gasteiger partial charge on any atom is -0.366 e. The molecule has 8 heteroatoms. The number of carbonyl (C=O) groups excluding carboxylic acids is 2. The van der Waals surface area contributed by atoms with Gasteiger partial charge in [-0.25, -0.2) is 9.97 Å². The third kappa shape index (κ3) is 4.54. The first kappa shape index (κ1) is 17.8. The Labute approximate surface area is 152 Å². The summed E-state index contributed by atoms with van der Waals surface area (Å²) in [6.07, 6.45) is 3.83. The fourth-order valence-electron chi connectivity index (χ4n) is 2.91. The normalized spacial score (nSPS) is 14.8. The molecule has 3 rings (SSSR count). The van der Waals surface area contributed by atoms with E-state index in [0.717, 1.165) is 32.1 Å². The van der Waals surface area contributed by atoms with Crippen LogP contribution in [0.5, 0.6) is 0 Å². The average Bonchev–Trinajstić information content (AvgIpc) is 2.68. The number of hydrogen-bond donors (Lipinski definition) is 2. The molecule has 1 saturated heterocycles. The first-order valence-electron chi connectivity index (χ1n) is 8.56. The van der Waals surface area contributed by atoms with Crippen molar-refractivity contribution >= 4 is 23.5 Å². The van der Waals surface area contributed by atoms with Gasteiger partial charge < -0.3 is 16.0 Å². The highest BCUT2D eigenvalue weighted by Crippen LogP contribution is 2.15. The molecule has 0 spiro atoms. The topological polar surface area (TPSA) is 104 Å². The second-order valence-corrected chi connectivity index (χ2v) is 6.09. The van der Waals surface area contributed by atoms with Gasteiger partial charge in [0.25, 0.3) is 5.91 Å². The van der Waals surface area contributed by atoms with Crippen LogP contribution < -0.4 is 16.0 Å². The summed E-state index contributed by atoms with van der Waals surface area (Å²) in [5.41, 5.74) is 6.10. The predicted molar refractivity (Wildman–Crippen MR) is 98.9 cm³/mol. The minimum atomic E-state index is -0.555. The fourth-order valence-corrected chi connectivity index (χ4v) is 2.91. The number of rotatable bonds is 6. The zero-order valence-electron chi connectivity index (χ0n) is 14.5. The Morgan fingerprint density at radius 3 is 2.42 bits per heavy atom. The van der Waals surface area contributed by atoms with E-state index >= 15 is 0 Å². The van der Waals surface area contributed by atoms with E-state index in [1.54, 1.807) is 42.7 Å². The van der Waals surface area contributed by atoms with Crippen molar-refractivity contribution in [3.05, 3.63) is 48.3 Å². The summed E-state index contributed by atoms with van der Waals surface area (Å²) < 4.78 is 0. The second kappa shape index (κ2) is 8.39. The Morgan fingerprint density at radius 2 is 1.73 bits per heavy atom. The van der Waals surface area contributed by atoms with Crippen molar-refractivity contribution in [3.63, 3.8) is 0 Å². The summed E-state index contributed by atoms with van der Waals surface area (Å²) in [6.45, 7) is 4.02. The van der Waals surface area contributed by atoms with Gasteiger partial charge >= 0.3 is 0 Å². The number of nitrogens with one attached hydrogen (secondary N) is 1. The van der Waals surface area contributed by atoms with E-state index in [4.69, 9.17) is 5.73 Å². The molecule has 0 bridgehead atoms. The summed E-state index contributed by atoms with van der Waals surface area (Å²) in [6, 6.07) is 8.55. The zero-order chi connectivity index (χ0) is 18.4. The van der Waals surface area contributed by atoms with Crippen LogP contribution in [0.25, 0.3) is 0 Å². The summed E-state index contributed by atoms with van der Waals surface area (Å²) in [7, 11) is 0. The van der Waals surface area contributed by atoms with Crippen LogP contribution in [0.2, 0.25) is 0 Å². The molecule has 1 aliphatic heterocycles. The molecular weight excluding hydrogens is 332 g/mol. The van der Waals surface area contributed by atoms with Gasteiger partial charge in [-0.1, -0.05) is 12.1 Å². The molecule has 1 aliphatic rings. The quantitative estimate of drug-likeness (QED) is 0.792. The molecule has 3 N–H and O–H groups in total. The van der Waals surface area contributed by atoms with E-state index in [9.17, 15) is 9.59 Å². The van der Waals surface area contributed by atoms with Crippen LogP contribution in [-0.2, 0) is 4.79 Å². The molecule has 0 saturated carbocycles. The van der Waals surface area contributed by atoms with Gasteiger partial charge in [0.1, 0.15) is 0 Å². The zero-order valence-corrected chi connectivity index (χ0v) is 14.5. The lowest BCUT2D eigenvalue weighted by Gasteiger charge is -2.34. The van der Waals surface area contributed by atoms with Crippen molar-refractivity contribution in [1.29, 1.82) is 0 Å². The highest BCUT2D eigenvalue weighted by atomic mass is 16.2. The minimum absolute atomic E-state index is 0.132. The molecule has 0 atom stereocenters. The van der Waals surface area contributed by atoms with Gasteiger partial charge in [-0.05, 0) is 18.2 Å². The Bertz CT molecular complexity index is 759. The maximum atomic E-state index is 12.2. The van der Waals surface area contributed by atoms with Gasteiger partial charge in [0.15, 0.2) is 0 Å². The Morgan fingerprint density at radius 1 is 1.04 bits per heavy atom. The molecule has 136 valence electrons. The number of para-hydroxylation sites is 1. The van der Waals surface area contributed by atoms with E-state index in [0.29, 0.717) is 24.2 Å². The first-order valence-corrected chi connectivity index (χ1v) is 8.56. The van der Waals surface area contributed by atoms with E-state index in [-0.39, 0.29) is 5.91 Å². The van der Waals surface area contributed by atoms with Crippen molar-refractivity contribution in [2.75, 3.05) is 42.9 Å². The number of amides is 2. The Balaban J connectivity index is 1.45. The molecule has 26 heavy (non-hydrogen) atoms. The highest BCUT2D eigenvalue weighted by Gasteiger charge is 2.19. The van der Waals surface area contributed by atoms with Crippen molar-refractivity contribution < 1.29 is 9.59 Å². The lowest BCUT2D eigenvalue weighted by molar-refractivity contribution is -0.116. The number of carbonyl (C=O) groups is 2. The largest absolute Gasteiger partial charge is 0.366 e. The van der Waals surface area contributed by atoms with Crippen LogP contribution >= 0.6 is 0 Å². The molecule has 2 aromatic rings. The molecule has 1 fully saturated rings. The second-order valence-electron chi connectivity index (χ2n) is 6.09. The van der Waals surface area contributed by atoms with Gasteiger partial charge in [0.05, 0.1) is 11.3 Å². The van der Waals surface area contributed by atoms with Crippen LogP contribution in [-0.4, -0.2) is 59.4 Å². The van der Waals surface area contributed by atoms with Crippen LogP contribution in [0.1, 0.15) is 16.8 Å². The molecular formula is C18H22N6O2. The third-order valence-corrected chi connectivity index (χ3v) is 4.33. The van der Waals surface area contributed by atoms with E-state index in [1.165, 1.54) is 0 Å². The molecule has 0 aliphatic carbocycles. The van der Waals surface area contributed by atoms with Gasteiger partial charge in [-0.2, -0.15) is 0 Å². The molecule has 2 amide bonds. The SMILES string of the molecule is NC(=O)c1ccccc1NC(=O)CCN1CCN(c2ncccn2)CC1. The van der Waals surface area contributed by atoms with Crippen molar-refractivity contribution in [1.82, 2.24) is 14.9 Å².